The molecule has 0 saturated heterocycles. The van der Waals surface area contributed by atoms with Crippen molar-refractivity contribution in [2.24, 2.45) is 0 Å². The number of ether oxygens (including phenoxy) is 1. The van der Waals surface area contributed by atoms with E-state index in [2.05, 4.69) is 4.72 Å². The first-order valence-corrected chi connectivity index (χ1v) is 13.5. The first kappa shape index (κ1) is 25.4. The Labute approximate surface area is 219 Å². The molecule has 4 aromatic carbocycles. The van der Waals surface area contributed by atoms with Crippen LogP contribution in [-0.4, -0.2) is 20.4 Å². The van der Waals surface area contributed by atoms with Crippen LogP contribution in [0.2, 0.25) is 0 Å². The maximum Gasteiger partial charge on any atom is 0.344 e. The van der Waals surface area contributed by atoms with Gasteiger partial charge in [-0.15, -0.1) is 0 Å². The zero-order valence-electron chi connectivity index (χ0n) is 20.8. The molecular weight excluding hydrogens is 502 g/mol. The van der Waals surface area contributed by atoms with E-state index in [4.69, 9.17) is 9.15 Å². The van der Waals surface area contributed by atoms with E-state index in [9.17, 15) is 18.0 Å². The van der Waals surface area contributed by atoms with Gasteiger partial charge in [-0.2, -0.15) is 4.72 Å². The lowest BCUT2D eigenvalue weighted by Gasteiger charge is -2.19. The van der Waals surface area contributed by atoms with Gasteiger partial charge in [0.1, 0.15) is 17.4 Å². The third kappa shape index (κ3) is 5.09. The van der Waals surface area contributed by atoms with Crippen molar-refractivity contribution in [3.63, 3.8) is 0 Å². The first-order chi connectivity index (χ1) is 18.2. The smallest absolute Gasteiger partial charge is 0.344 e. The highest BCUT2D eigenvalue weighted by Gasteiger charge is 2.28. The Morgan fingerprint density at radius 1 is 0.842 bits per heavy atom. The molecule has 8 heteroatoms. The van der Waals surface area contributed by atoms with Crippen LogP contribution in [0.25, 0.3) is 21.7 Å². The summed E-state index contributed by atoms with van der Waals surface area (Å²) < 4.78 is 40.1. The number of hydrogen-bond acceptors (Lipinski definition) is 6. The van der Waals surface area contributed by atoms with E-state index in [1.54, 1.807) is 43.3 Å². The number of sulfonamides is 1. The standard InChI is InChI=1S/C30H25NO6S/c1-19-12-14-22(15-13-19)38(34,35)31-26(18-21-8-4-3-5-9-21)30(33)36-27-17-16-24-23-10-6-7-11-25(23)29(32)37-28(24)20(27)2/h3-17,26,31H,18H2,1-2H3. The van der Waals surface area contributed by atoms with Crippen LogP contribution < -0.4 is 15.1 Å². The number of rotatable bonds is 7. The van der Waals surface area contributed by atoms with E-state index in [1.165, 1.54) is 12.1 Å². The zero-order valence-corrected chi connectivity index (χ0v) is 21.6. The lowest BCUT2D eigenvalue weighted by molar-refractivity contribution is -0.136. The molecule has 0 spiro atoms. The van der Waals surface area contributed by atoms with Crippen molar-refractivity contribution in [2.45, 2.75) is 31.2 Å². The summed E-state index contributed by atoms with van der Waals surface area (Å²) in [6, 6.07) is 24.7. The largest absolute Gasteiger partial charge is 0.425 e. The summed E-state index contributed by atoms with van der Waals surface area (Å²) in [5.74, 6) is -0.608. The van der Waals surface area contributed by atoms with Gasteiger partial charge in [0.05, 0.1) is 10.3 Å². The van der Waals surface area contributed by atoms with E-state index < -0.39 is 27.7 Å². The minimum absolute atomic E-state index is 0.0458. The fourth-order valence-electron chi connectivity index (χ4n) is 4.35. The molecular formula is C30H25NO6S. The molecule has 0 bridgehead atoms. The molecule has 0 radical (unpaired) electrons. The van der Waals surface area contributed by atoms with Gasteiger partial charge < -0.3 is 9.15 Å². The summed E-state index contributed by atoms with van der Waals surface area (Å²) in [6.07, 6.45) is 0.0805. The molecule has 0 aliphatic carbocycles. The van der Waals surface area contributed by atoms with E-state index in [-0.39, 0.29) is 17.1 Å². The molecule has 7 nitrogen and oxygen atoms in total. The molecule has 5 aromatic rings. The number of aryl methyl sites for hydroxylation is 2. The molecule has 38 heavy (non-hydrogen) atoms. The van der Waals surface area contributed by atoms with Gasteiger partial charge in [0.2, 0.25) is 10.0 Å². The number of carbonyl (C=O) groups excluding carboxylic acids is 1. The predicted molar refractivity (Wildman–Crippen MR) is 146 cm³/mol. The van der Waals surface area contributed by atoms with Crippen LogP contribution in [0.15, 0.2) is 105 Å². The fraction of sp³-hybridized carbons (Fsp3) is 0.133. The minimum atomic E-state index is -4.02. The van der Waals surface area contributed by atoms with Crippen LogP contribution in [0.1, 0.15) is 16.7 Å². The van der Waals surface area contributed by atoms with Crippen LogP contribution in [0.4, 0.5) is 0 Å². The van der Waals surface area contributed by atoms with Gasteiger partial charge in [-0.25, -0.2) is 18.0 Å². The number of benzene rings is 4. The summed E-state index contributed by atoms with van der Waals surface area (Å²) in [5, 5.41) is 1.89. The Hall–Kier alpha value is -4.27. The Morgan fingerprint density at radius 3 is 2.21 bits per heavy atom. The SMILES string of the molecule is Cc1ccc(S(=O)(=O)NC(Cc2ccccc2)C(=O)Oc2ccc3c(oc(=O)c4ccccc43)c2C)cc1. The normalized spacial score (nSPS) is 12.5. The Bertz CT molecular complexity index is 1810. The minimum Gasteiger partial charge on any atom is -0.425 e. The highest BCUT2D eigenvalue weighted by atomic mass is 32.2. The van der Waals surface area contributed by atoms with Gasteiger partial charge in [0.25, 0.3) is 0 Å². The zero-order chi connectivity index (χ0) is 26.9. The molecule has 0 saturated carbocycles. The summed E-state index contributed by atoms with van der Waals surface area (Å²) in [6.45, 7) is 3.54. The van der Waals surface area contributed by atoms with E-state index in [0.717, 1.165) is 16.5 Å². The van der Waals surface area contributed by atoms with Crippen molar-refractivity contribution in [3.8, 4) is 5.75 Å². The topological polar surface area (TPSA) is 103 Å². The van der Waals surface area contributed by atoms with Crippen molar-refractivity contribution in [1.82, 2.24) is 4.72 Å². The van der Waals surface area contributed by atoms with Crippen LogP contribution in [0.5, 0.6) is 5.75 Å². The molecule has 1 heterocycles. The van der Waals surface area contributed by atoms with Crippen molar-refractivity contribution in [3.05, 3.63) is 118 Å². The third-order valence-electron chi connectivity index (χ3n) is 6.39. The van der Waals surface area contributed by atoms with Crippen LogP contribution >= 0.6 is 0 Å². The molecule has 192 valence electrons. The summed E-state index contributed by atoms with van der Waals surface area (Å²) in [7, 11) is -4.02. The molecule has 0 amide bonds. The number of carbonyl (C=O) groups is 1. The van der Waals surface area contributed by atoms with Crippen LogP contribution in [0, 0.1) is 13.8 Å². The maximum absolute atomic E-state index is 13.4. The van der Waals surface area contributed by atoms with Gasteiger partial charge in [-0.05, 0) is 61.5 Å². The van der Waals surface area contributed by atoms with Crippen molar-refractivity contribution < 1.29 is 22.4 Å². The molecule has 1 aromatic heterocycles. The number of nitrogens with one attached hydrogen (secondary N) is 1. The maximum atomic E-state index is 13.4. The van der Waals surface area contributed by atoms with E-state index in [0.29, 0.717) is 21.9 Å². The van der Waals surface area contributed by atoms with Gasteiger partial charge in [0, 0.05) is 10.9 Å². The average Bonchev–Trinajstić information content (AvgIpc) is 2.91. The van der Waals surface area contributed by atoms with Gasteiger partial charge in [-0.3, -0.25) is 0 Å². The molecule has 5 rings (SSSR count). The van der Waals surface area contributed by atoms with Gasteiger partial charge >= 0.3 is 11.6 Å². The monoisotopic (exact) mass is 527 g/mol. The molecule has 0 aliphatic heterocycles. The quantitative estimate of drug-likeness (QED) is 0.137. The highest BCUT2D eigenvalue weighted by Crippen LogP contribution is 2.31. The molecule has 0 fully saturated rings. The summed E-state index contributed by atoms with van der Waals surface area (Å²) in [5.41, 5.74) is 1.94. The Morgan fingerprint density at radius 2 is 1.50 bits per heavy atom. The molecule has 1 N–H and O–H groups in total. The van der Waals surface area contributed by atoms with E-state index in [1.807, 2.05) is 49.4 Å². The second-order valence-electron chi connectivity index (χ2n) is 9.10. The van der Waals surface area contributed by atoms with Crippen molar-refractivity contribution >= 4 is 37.7 Å². The number of esters is 1. The highest BCUT2D eigenvalue weighted by molar-refractivity contribution is 7.89. The van der Waals surface area contributed by atoms with Gasteiger partial charge in [-0.1, -0.05) is 66.2 Å². The Balaban J connectivity index is 1.49. The molecule has 0 aliphatic rings. The van der Waals surface area contributed by atoms with E-state index >= 15 is 0 Å². The predicted octanol–water partition coefficient (Wildman–Crippen LogP) is 5.06. The fourth-order valence-corrected chi connectivity index (χ4v) is 5.53. The molecule has 1 unspecified atom stereocenters. The lowest BCUT2D eigenvalue weighted by Crippen LogP contribution is -2.44. The summed E-state index contributed by atoms with van der Waals surface area (Å²) >= 11 is 0. The van der Waals surface area contributed by atoms with Gasteiger partial charge in [0.15, 0.2) is 0 Å². The van der Waals surface area contributed by atoms with Crippen LogP contribution in [-0.2, 0) is 21.2 Å². The van der Waals surface area contributed by atoms with Crippen molar-refractivity contribution in [2.75, 3.05) is 0 Å². The second-order valence-corrected chi connectivity index (χ2v) is 10.8. The number of fused-ring (bicyclic) bond motifs is 3. The van der Waals surface area contributed by atoms with Crippen LogP contribution in [0.3, 0.4) is 0 Å². The third-order valence-corrected chi connectivity index (χ3v) is 7.88. The number of hydrogen-bond donors (Lipinski definition) is 1. The second kappa shape index (κ2) is 10.2. The average molecular weight is 528 g/mol. The molecule has 1 atom stereocenters. The summed E-state index contributed by atoms with van der Waals surface area (Å²) in [4.78, 5) is 26.0. The lowest BCUT2D eigenvalue weighted by atomic mass is 10.0. The van der Waals surface area contributed by atoms with Crippen molar-refractivity contribution in [1.29, 1.82) is 0 Å². The Kier molecular flexibility index (Phi) is 6.84. The first-order valence-electron chi connectivity index (χ1n) is 12.0.